The van der Waals surface area contributed by atoms with Gasteiger partial charge in [0, 0.05) is 11.5 Å². The minimum atomic E-state index is -3.63. The summed E-state index contributed by atoms with van der Waals surface area (Å²) in [5.41, 5.74) is 2.00. The number of imidazole rings is 1. The molecule has 1 aromatic heterocycles. The third kappa shape index (κ3) is 2.87. The molecule has 0 atom stereocenters. The molecule has 22 heavy (non-hydrogen) atoms. The molecule has 3 rings (SSSR count). The van der Waals surface area contributed by atoms with E-state index in [4.69, 9.17) is 4.74 Å². The first-order valence-corrected chi connectivity index (χ1v) is 8.15. The van der Waals surface area contributed by atoms with Gasteiger partial charge in [0.15, 0.2) is 0 Å². The monoisotopic (exact) mass is 314 g/mol. The van der Waals surface area contributed by atoms with E-state index in [1.54, 1.807) is 31.4 Å². The lowest BCUT2D eigenvalue weighted by atomic mass is 10.2. The van der Waals surface area contributed by atoms with E-state index in [1.807, 2.05) is 30.3 Å². The van der Waals surface area contributed by atoms with E-state index in [0.29, 0.717) is 16.8 Å². The van der Waals surface area contributed by atoms with Crippen molar-refractivity contribution >= 4 is 26.9 Å². The minimum absolute atomic E-state index is 0.0806. The molecule has 0 saturated heterocycles. The number of fused-ring (bicyclic) bond motifs is 1. The summed E-state index contributed by atoms with van der Waals surface area (Å²) in [5.74, 6) is 0.639. The molecule has 112 valence electrons. The standard InChI is InChI=1S/C16H14N2O3S/c1-21-13-7-8-14-15(11-13)18-16(17-14)22(19,20)10-9-12-5-3-2-4-6-12/h2-11H,1H3,(H,17,18)/b10-9-. The Hall–Kier alpha value is -2.60. The average molecular weight is 314 g/mol. The molecule has 0 fully saturated rings. The van der Waals surface area contributed by atoms with Gasteiger partial charge >= 0.3 is 0 Å². The fraction of sp³-hybridized carbons (Fsp3) is 0.0625. The highest BCUT2D eigenvalue weighted by Gasteiger charge is 2.16. The Kier molecular flexibility index (Phi) is 3.68. The van der Waals surface area contributed by atoms with Crippen LogP contribution in [0.15, 0.2) is 59.1 Å². The van der Waals surface area contributed by atoms with E-state index in [0.717, 1.165) is 11.0 Å². The summed E-state index contributed by atoms with van der Waals surface area (Å²) in [4.78, 5) is 6.94. The van der Waals surface area contributed by atoms with Crippen molar-refractivity contribution in [2.24, 2.45) is 0 Å². The Morgan fingerprint density at radius 2 is 1.91 bits per heavy atom. The van der Waals surface area contributed by atoms with E-state index >= 15 is 0 Å². The van der Waals surface area contributed by atoms with Crippen LogP contribution in [-0.4, -0.2) is 25.5 Å². The number of hydrogen-bond donors (Lipinski definition) is 1. The van der Waals surface area contributed by atoms with Gasteiger partial charge in [-0.3, -0.25) is 0 Å². The molecule has 0 aliphatic heterocycles. The summed E-state index contributed by atoms with van der Waals surface area (Å²) >= 11 is 0. The third-order valence-corrected chi connectivity index (χ3v) is 4.40. The van der Waals surface area contributed by atoms with Crippen LogP contribution in [-0.2, 0) is 9.84 Å². The van der Waals surface area contributed by atoms with Crippen LogP contribution in [0.2, 0.25) is 0 Å². The number of sulfone groups is 1. The van der Waals surface area contributed by atoms with Crippen LogP contribution < -0.4 is 4.74 Å². The molecule has 5 nitrogen and oxygen atoms in total. The molecule has 0 unspecified atom stereocenters. The molecular formula is C16H14N2O3S. The van der Waals surface area contributed by atoms with E-state index in [1.165, 1.54) is 0 Å². The van der Waals surface area contributed by atoms with E-state index < -0.39 is 9.84 Å². The lowest BCUT2D eigenvalue weighted by molar-refractivity contribution is 0.415. The second kappa shape index (κ2) is 5.65. The van der Waals surface area contributed by atoms with Gasteiger partial charge in [-0.1, -0.05) is 30.3 Å². The summed E-state index contributed by atoms with van der Waals surface area (Å²) in [7, 11) is -2.07. The number of aromatic amines is 1. The highest BCUT2D eigenvalue weighted by atomic mass is 32.2. The topological polar surface area (TPSA) is 72.0 Å². The van der Waals surface area contributed by atoms with Crippen LogP contribution in [0.1, 0.15) is 5.56 Å². The Balaban J connectivity index is 1.97. The van der Waals surface area contributed by atoms with Gasteiger partial charge in [-0.25, -0.2) is 13.4 Å². The molecule has 6 heteroatoms. The maximum Gasteiger partial charge on any atom is 0.233 e. The molecule has 3 aromatic rings. The molecule has 0 aliphatic carbocycles. The number of nitrogens with zero attached hydrogens (tertiary/aromatic N) is 1. The maximum atomic E-state index is 12.3. The summed E-state index contributed by atoms with van der Waals surface area (Å²) in [6, 6.07) is 14.4. The van der Waals surface area contributed by atoms with Crippen LogP contribution in [0.4, 0.5) is 0 Å². The summed E-state index contributed by atoms with van der Waals surface area (Å²) in [6.45, 7) is 0. The van der Waals surface area contributed by atoms with Crippen LogP contribution in [0, 0.1) is 0 Å². The molecule has 0 aliphatic rings. The quantitative estimate of drug-likeness (QED) is 0.803. The Bertz CT molecular complexity index is 928. The van der Waals surface area contributed by atoms with Crippen molar-refractivity contribution in [3.8, 4) is 5.75 Å². The van der Waals surface area contributed by atoms with E-state index in [2.05, 4.69) is 9.97 Å². The van der Waals surface area contributed by atoms with Crippen LogP contribution >= 0.6 is 0 Å². The number of rotatable bonds is 4. The molecule has 0 saturated carbocycles. The van der Waals surface area contributed by atoms with Gasteiger partial charge in [0.1, 0.15) is 5.75 Å². The molecule has 2 aromatic carbocycles. The SMILES string of the molecule is COc1ccc2nc(S(=O)(=O)/C=C\c3ccccc3)[nH]c2c1. The zero-order valence-corrected chi connectivity index (χ0v) is 12.7. The number of methoxy groups -OCH3 is 1. The molecular weight excluding hydrogens is 300 g/mol. The summed E-state index contributed by atoms with van der Waals surface area (Å²) < 4.78 is 29.7. The normalized spacial score (nSPS) is 12.0. The number of nitrogens with one attached hydrogen (secondary N) is 1. The summed E-state index contributed by atoms with van der Waals surface area (Å²) in [5, 5.41) is 1.07. The number of H-pyrrole nitrogens is 1. The van der Waals surface area contributed by atoms with Crippen molar-refractivity contribution < 1.29 is 13.2 Å². The minimum Gasteiger partial charge on any atom is -0.497 e. The predicted octanol–water partition coefficient (Wildman–Crippen LogP) is 3.02. The fourth-order valence-electron chi connectivity index (χ4n) is 2.02. The zero-order valence-electron chi connectivity index (χ0n) is 11.9. The third-order valence-electron chi connectivity index (χ3n) is 3.18. The first kappa shape index (κ1) is 14.3. The van der Waals surface area contributed by atoms with Crippen molar-refractivity contribution in [1.29, 1.82) is 0 Å². The first-order chi connectivity index (χ1) is 10.6. The highest BCUT2D eigenvalue weighted by Crippen LogP contribution is 2.21. The van der Waals surface area contributed by atoms with Crippen molar-refractivity contribution in [2.75, 3.05) is 7.11 Å². The van der Waals surface area contributed by atoms with Gasteiger partial charge in [-0.2, -0.15) is 0 Å². The van der Waals surface area contributed by atoms with E-state index in [-0.39, 0.29) is 5.16 Å². The second-order valence-corrected chi connectivity index (χ2v) is 6.43. The zero-order chi connectivity index (χ0) is 15.6. The van der Waals surface area contributed by atoms with Gasteiger partial charge in [-0.05, 0) is 23.8 Å². The van der Waals surface area contributed by atoms with Gasteiger partial charge < -0.3 is 9.72 Å². The van der Waals surface area contributed by atoms with Crippen LogP contribution in [0.5, 0.6) is 5.75 Å². The lowest BCUT2D eigenvalue weighted by Crippen LogP contribution is -1.98. The van der Waals surface area contributed by atoms with Crippen molar-refractivity contribution in [3.05, 3.63) is 59.5 Å². The van der Waals surface area contributed by atoms with Gasteiger partial charge in [-0.15, -0.1) is 0 Å². The maximum absolute atomic E-state index is 12.3. The van der Waals surface area contributed by atoms with Gasteiger partial charge in [0.05, 0.1) is 18.1 Å². The number of aromatic nitrogens is 2. The fourth-order valence-corrected chi connectivity index (χ4v) is 2.97. The van der Waals surface area contributed by atoms with E-state index in [9.17, 15) is 8.42 Å². The molecule has 0 amide bonds. The summed E-state index contributed by atoms with van der Waals surface area (Å²) in [6.07, 6.45) is 1.54. The van der Waals surface area contributed by atoms with Gasteiger partial charge in [0.25, 0.3) is 0 Å². The first-order valence-electron chi connectivity index (χ1n) is 6.60. The number of benzene rings is 2. The Morgan fingerprint density at radius 3 is 2.64 bits per heavy atom. The number of ether oxygens (including phenoxy) is 1. The van der Waals surface area contributed by atoms with Crippen molar-refractivity contribution in [3.63, 3.8) is 0 Å². The lowest BCUT2D eigenvalue weighted by Gasteiger charge is -1.96. The molecule has 1 heterocycles. The molecule has 0 bridgehead atoms. The molecule has 1 N–H and O–H groups in total. The highest BCUT2D eigenvalue weighted by molar-refractivity contribution is 7.94. The molecule has 0 radical (unpaired) electrons. The van der Waals surface area contributed by atoms with Crippen LogP contribution in [0.3, 0.4) is 0 Å². The molecule has 0 spiro atoms. The predicted molar refractivity (Wildman–Crippen MR) is 85.3 cm³/mol. The smallest absolute Gasteiger partial charge is 0.233 e. The Morgan fingerprint density at radius 1 is 1.14 bits per heavy atom. The van der Waals surface area contributed by atoms with Crippen molar-refractivity contribution in [2.45, 2.75) is 5.16 Å². The van der Waals surface area contributed by atoms with Crippen molar-refractivity contribution in [1.82, 2.24) is 9.97 Å². The van der Waals surface area contributed by atoms with Gasteiger partial charge in [0.2, 0.25) is 15.0 Å². The number of hydrogen-bond acceptors (Lipinski definition) is 4. The largest absolute Gasteiger partial charge is 0.497 e. The average Bonchev–Trinajstić information content (AvgIpc) is 2.98. The second-order valence-electron chi connectivity index (χ2n) is 4.68. The Labute approximate surface area is 128 Å². The van der Waals surface area contributed by atoms with Crippen LogP contribution in [0.25, 0.3) is 17.1 Å².